The highest BCUT2D eigenvalue weighted by molar-refractivity contribution is 6.32. The summed E-state index contributed by atoms with van der Waals surface area (Å²) in [6.07, 6.45) is 2.83. The molecule has 0 atom stereocenters. The zero-order valence-electron chi connectivity index (χ0n) is 15.8. The van der Waals surface area contributed by atoms with Gasteiger partial charge in [0.05, 0.1) is 18.2 Å². The Morgan fingerprint density at radius 2 is 2.00 bits per heavy atom. The highest BCUT2D eigenvalue weighted by Crippen LogP contribution is 2.29. The van der Waals surface area contributed by atoms with Gasteiger partial charge in [0, 0.05) is 12.1 Å². The molecule has 154 valence electrons. The lowest BCUT2D eigenvalue weighted by molar-refractivity contribution is -0.384. The van der Waals surface area contributed by atoms with E-state index in [0.29, 0.717) is 17.3 Å². The van der Waals surface area contributed by atoms with Crippen LogP contribution >= 0.6 is 11.6 Å². The molecule has 0 aliphatic heterocycles. The van der Waals surface area contributed by atoms with Gasteiger partial charge in [0.1, 0.15) is 18.6 Å². The first-order chi connectivity index (χ1) is 14.5. The summed E-state index contributed by atoms with van der Waals surface area (Å²) in [5, 5.41) is 14.9. The van der Waals surface area contributed by atoms with Crippen molar-refractivity contribution in [3.05, 3.63) is 75.2 Å². The van der Waals surface area contributed by atoms with Crippen LogP contribution in [0.25, 0.3) is 0 Å². The van der Waals surface area contributed by atoms with Gasteiger partial charge in [-0.15, -0.1) is 0 Å². The third-order valence-corrected chi connectivity index (χ3v) is 4.25. The van der Waals surface area contributed by atoms with Crippen LogP contribution < -0.4 is 20.6 Å². The number of nitrogen functional groups attached to an aromatic ring is 1. The van der Waals surface area contributed by atoms with Crippen molar-refractivity contribution in [1.82, 2.24) is 9.97 Å². The monoisotopic (exact) mass is 428 g/mol. The summed E-state index contributed by atoms with van der Waals surface area (Å²) in [5.74, 6) is 1.32. The van der Waals surface area contributed by atoms with Crippen LogP contribution in [0.1, 0.15) is 11.1 Å². The minimum Gasteiger partial charge on any atom is -0.493 e. The Kier molecular flexibility index (Phi) is 6.60. The molecule has 0 aliphatic rings. The molecule has 0 aliphatic carbocycles. The van der Waals surface area contributed by atoms with E-state index in [1.54, 1.807) is 36.5 Å². The molecule has 3 N–H and O–H groups in total. The van der Waals surface area contributed by atoms with Crippen LogP contribution in [-0.2, 0) is 6.61 Å². The van der Waals surface area contributed by atoms with Gasteiger partial charge in [-0.1, -0.05) is 11.6 Å². The summed E-state index contributed by atoms with van der Waals surface area (Å²) >= 11 is 5.83. The van der Waals surface area contributed by atoms with Gasteiger partial charge in [-0.2, -0.15) is 5.10 Å². The predicted molar refractivity (Wildman–Crippen MR) is 113 cm³/mol. The number of benzene rings is 2. The van der Waals surface area contributed by atoms with Crippen LogP contribution in [0, 0.1) is 10.1 Å². The zero-order valence-corrected chi connectivity index (χ0v) is 16.5. The molecule has 0 fully saturated rings. The first-order valence-electron chi connectivity index (χ1n) is 8.57. The van der Waals surface area contributed by atoms with Crippen molar-refractivity contribution >= 4 is 35.0 Å². The second kappa shape index (κ2) is 9.52. The number of non-ortho nitro benzene ring substituents is 1. The standard InChI is InChI=1S/C19H17ClN6O4/c1-29-16-8-13(9-24-25-19-17(21)18(20)22-11-23-19)4-7-15(16)30-10-12-2-5-14(6-3-12)26(27)28/h2-9,11H,10,21H2,1H3,(H,22,23,25). The van der Waals surface area contributed by atoms with Crippen LogP contribution in [0.15, 0.2) is 53.9 Å². The van der Waals surface area contributed by atoms with Gasteiger partial charge in [-0.25, -0.2) is 9.97 Å². The van der Waals surface area contributed by atoms with E-state index in [4.69, 9.17) is 26.8 Å². The number of ether oxygens (including phenoxy) is 2. The number of nitrogens with two attached hydrogens (primary N) is 1. The highest BCUT2D eigenvalue weighted by atomic mass is 35.5. The minimum atomic E-state index is -0.448. The van der Waals surface area contributed by atoms with Gasteiger partial charge in [0.2, 0.25) is 0 Å². The summed E-state index contributed by atoms with van der Waals surface area (Å²) < 4.78 is 11.1. The number of nitrogens with one attached hydrogen (secondary N) is 1. The van der Waals surface area contributed by atoms with Crippen LogP contribution in [-0.4, -0.2) is 28.2 Å². The first-order valence-corrected chi connectivity index (χ1v) is 8.95. The van der Waals surface area contributed by atoms with E-state index in [1.807, 2.05) is 0 Å². The Hall–Kier alpha value is -3.92. The fourth-order valence-electron chi connectivity index (χ4n) is 2.39. The summed E-state index contributed by atoms with van der Waals surface area (Å²) in [5.41, 5.74) is 10.2. The van der Waals surface area contributed by atoms with Crippen LogP contribution in [0.5, 0.6) is 11.5 Å². The highest BCUT2D eigenvalue weighted by Gasteiger charge is 2.08. The second-order valence-electron chi connectivity index (χ2n) is 5.92. The minimum absolute atomic E-state index is 0.0274. The molecule has 1 aromatic heterocycles. The van der Waals surface area contributed by atoms with Crippen molar-refractivity contribution in [2.24, 2.45) is 5.10 Å². The maximum absolute atomic E-state index is 10.7. The SMILES string of the molecule is COc1cc(C=NNc2ncnc(Cl)c2N)ccc1OCc1ccc([N+](=O)[O-])cc1. The van der Waals surface area contributed by atoms with Crippen molar-refractivity contribution < 1.29 is 14.4 Å². The van der Waals surface area contributed by atoms with Crippen molar-refractivity contribution in [3.8, 4) is 11.5 Å². The molecule has 3 rings (SSSR count). The molecule has 11 heteroatoms. The van der Waals surface area contributed by atoms with E-state index >= 15 is 0 Å². The number of nitrogens with zero attached hydrogens (tertiary/aromatic N) is 4. The number of methoxy groups -OCH3 is 1. The van der Waals surface area contributed by atoms with E-state index in [-0.39, 0.29) is 23.1 Å². The van der Waals surface area contributed by atoms with Crippen molar-refractivity contribution in [2.45, 2.75) is 6.61 Å². The van der Waals surface area contributed by atoms with Gasteiger partial charge >= 0.3 is 0 Å². The Labute approximate surface area is 176 Å². The van der Waals surface area contributed by atoms with E-state index in [2.05, 4.69) is 20.5 Å². The van der Waals surface area contributed by atoms with Crippen LogP contribution in [0.2, 0.25) is 5.15 Å². The van der Waals surface area contributed by atoms with E-state index < -0.39 is 4.92 Å². The second-order valence-corrected chi connectivity index (χ2v) is 6.28. The lowest BCUT2D eigenvalue weighted by Crippen LogP contribution is -2.01. The molecule has 0 spiro atoms. The lowest BCUT2D eigenvalue weighted by atomic mass is 10.2. The molecule has 0 unspecified atom stereocenters. The fourth-order valence-corrected chi connectivity index (χ4v) is 2.52. The van der Waals surface area contributed by atoms with Gasteiger partial charge in [-0.3, -0.25) is 15.5 Å². The molecule has 1 heterocycles. The van der Waals surface area contributed by atoms with E-state index in [9.17, 15) is 10.1 Å². The first kappa shape index (κ1) is 20.8. The lowest BCUT2D eigenvalue weighted by Gasteiger charge is -2.11. The van der Waals surface area contributed by atoms with Crippen molar-refractivity contribution in [1.29, 1.82) is 0 Å². The van der Waals surface area contributed by atoms with Gasteiger partial charge < -0.3 is 15.2 Å². The third-order valence-electron chi connectivity index (χ3n) is 3.95. The Bertz CT molecular complexity index is 1080. The number of halogens is 1. The normalized spacial score (nSPS) is 10.7. The number of nitro groups is 1. The molecule has 3 aromatic rings. The number of nitro benzene ring substituents is 1. The van der Waals surface area contributed by atoms with Crippen molar-refractivity contribution in [2.75, 3.05) is 18.3 Å². The zero-order chi connectivity index (χ0) is 21.5. The summed E-state index contributed by atoms with van der Waals surface area (Å²) in [6, 6.07) is 11.4. The number of hydrogen-bond donors (Lipinski definition) is 2. The topological polar surface area (TPSA) is 138 Å². The molecule has 2 aromatic carbocycles. The number of rotatable bonds is 8. The molecular weight excluding hydrogens is 412 g/mol. The molecule has 0 saturated heterocycles. The third kappa shape index (κ3) is 5.11. The quantitative estimate of drug-likeness (QED) is 0.240. The van der Waals surface area contributed by atoms with Gasteiger partial charge in [0.15, 0.2) is 22.5 Å². The van der Waals surface area contributed by atoms with Crippen LogP contribution in [0.3, 0.4) is 0 Å². The van der Waals surface area contributed by atoms with E-state index in [1.165, 1.54) is 25.6 Å². The summed E-state index contributed by atoms with van der Waals surface area (Å²) in [7, 11) is 1.52. The summed E-state index contributed by atoms with van der Waals surface area (Å²) in [4.78, 5) is 18.0. The van der Waals surface area contributed by atoms with E-state index in [0.717, 1.165) is 11.1 Å². The fraction of sp³-hybridized carbons (Fsp3) is 0.105. The molecule has 30 heavy (non-hydrogen) atoms. The smallest absolute Gasteiger partial charge is 0.269 e. The molecule has 0 saturated carbocycles. The number of anilines is 2. The predicted octanol–water partition coefficient (Wildman–Crippen LogP) is 3.65. The largest absolute Gasteiger partial charge is 0.493 e. The molecule has 10 nitrogen and oxygen atoms in total. The molecule has 0 amide bonds. The van der Waals surface area contributed by atoms with Crippen molar-refractivity contribution in [3.63, 3.8) is 0 Å². The van der Waals surface area contributed by atoms with Gasteiger partial charge in [-0.05, 0) is 41.5 Å². The average molecular weight is 429 g/mol. The number of hydrogen-bond acceptors (Lipinski definition) is 9. The Balaban J connectivity index is 1.65. The Morgan fingerprint density at radius 1 is 1.23 bits per heavy atom. The number of aromatic nitrogens is 2. The van der Waals surface area contributed by atoms with Crippen LogP contribution in [0.4, 0.5) is 17.2 Å². The van der Waals surface area contributed by atoms with Gasteiger partial charge in [0.25, 0.3) is 5.69 Å². The Morgan fingerprint density at radius 3 is 2.70 bits per heavy atom. The summed E-state index contributed by atoms with van der Waals surface area (Å²) in [6.45, 7) is 0.233. The molecular formula is C19H17ClN6O4. The molecule has 0 radical (unpaired) electrons. The molecule has 0 bridgehead atoms. The maximum Gasteiger partial charge on any atom is 0.269 e. The maximum atomic E-state index is 10.7. The number of hydrazone groups is 1. The average Bonchev–Trinajstić information content (AvgIpc) is 2.75.